The molecule has 0 radical (unpaired) electrons. The second kappa shape index (κ2) is 11.3. The highest BCUT2D eigenvalue weighted by molar-refractivity contribution is 6.02. The number of benzene rings is 1. The van der Waals surface area contributed by atoms with Gasteiger partial charge in [-0.1, -0.05) is 6.92 Å². The van der Waals surface area contributed by atoms with E-state index >= 15 is 0 Å². The highest BCUT2D eigenvalue weighted by atomic mass is 16.5. The lowest BCUT2D eigenvalue weighted by molar-refractivity contribution is -0.144. The summed E-state index contributed by atoms with van der Waals surface area (Å²) in [4.78, 5) is 38.4. The normalized spacial score (nSPS) is 13.7. The van der Waals surface area contributed by atoms with Crippen molar-refractivity contribution in [2.75, 3.05) is 36.5 Å². The van der Waals surface area contributed by atoms with Crippen molar-refractivity contribution >= 4 is 29.2 Å². The average Bonchev–Trinajstić information content (AvgIpc) is 2.71. The molecule has 1 aromatic carbocycles. The topological polar surface area (TPSA) is 87.7 Å². The number of anilines is 2. The molecule has 2 N–H and O–H groups in total. The molecule has 2 rings (SSSR count). The van der Waals surface area contributed by atoms with Crippen LogP contribution in [0.1, 0.15) is 62.7 Å². The number of amides is 2. The number of piperidine rings is 1. The Hall–Kier alpha value is -2.57. The number of rotatable bonds is 9. The lowest BCUT2D eigenvalue weighted by atomic mass is 10.1. The number of carbonyl (C=O) groups is 3. The van der Waals surface area contributed by atoms with Crippen LogP contribution < -0.4 is 15.5 Å². The van der Waals surface area contributed by atoms with E-state index in [9.17, 15) is 14.4 Å². The van der Waals surface area contributed by atoms with Crippen LogP contribution in [0.25, 0.3) is 0 Å². The summed E-state index contributed by atoms with van der Waals surface area (Å²) in [6.45, 7) is 6.50. The van der Waals surface area contributed by atoms with Crippen LogP contribution in [-0.4, -0.2) is 44.0 Å². The smallest absolute Gasteiger partial charge is 0.306 e. The summed E-state index contributed by atoms with van der Waals surface area (Å²) in [5, 5.41) is 5.70. The molecule has 1 fully saturated rings. The van der Waals surface area contributed by atoms with E-state index < -0.39 is 5.97 Å². The minimum absolute atomic E-state index is 0.0371. The van der Waals surface area contributed by atoms with Crippen LogP contribution in [0.15, 0.2) is 18.2 Å². The van der Waals surface area contributed by atoms with E-state index in [0.29, 0.717) is 24.4 Å². The Morgan fingerprint density at radius 1 is 1.07 bits per heavy atom. The largest absolute Gasteiger partial charge is 0.466 e. The van der Waals surface area contributed by atoms with Crippen LogP contribution in [0, 0.1) is 0 Å². The fraction of sp³-hybridized carbons (Fsp3) is 0.571. The van der Waals surface area contributed by atoms with Crippen molar-refractivity contribution in [2.24, 2.45) is 0 Å². The lowest BCUT2D eigenvalue weighted by Crippen LogP contribution is -2.33. The lowest BCUT2D eigenvalue weighted by Gasteiger charge is -2.30. The SMILES string of the molecule is CCCNC(=O)c1cc(NC(=O)CCC(=O)OCC)ccc1N1CCCCC1. The van der Waals surface area contributed by atoms with Gasteiger partial charge in [0.2, 0.25) is 5.91 Å². The molecule has 2 amide bonds. The maximum Gasteiger partial charge on any atom is 0.306 e. The van der Waals surface area contributed by atoms with E-state index in [1.807, 2.05) is 19.1 Å². The predicted octanol–water partition coefficient (Wildman–Crippen LogP) is 3.10. The molecule has 1 heterocycles. The molecular formula is C21H31N3O4. The number of esters is 1. The van der Waals surface area contributed by atoms with Crippen molar-refractivity contribution in [1.29, 1.82) is 0 Å². The first-order valence-electron chi connectivity index (χ1n) is 10.2. The third-order valence-electron chi connectivity index (χ3n) is 4.62. The second-order valence-corrected chi connectivity index (χ2v) is 6.89. The minimum atomic E-state index is -0.391. The molecule has 7 nitrogen and oxygen atoms in total. The van der Waals surface area contributed by atoms with Crippen molar-refractivity contribution in [3.05, 3.63) is 23.8 Å². The monoisotopic (exact) mass is 389 g/mol. The summed E-state index contributed by atoms with van der Waals surface area (Å²) in [6.07, 6.45) is 4.38. The van der Waals surface area contributed by atoms with Crippen LogP contribution in [0.2, 0.25) is 0 Å². The summed E-state index contributed by atoms with van der Waals surface area (Å²) in [6, 6.07) is 5.42. The van der Waals surface area contributed by atoms with Gasteiger partial charge in [0.05, 0.1) is 18.6 Å². The zero-order valence-electron chi connectivity index (χ0n) is 16.9. The molecule has 0 unspecified atom stereocenters. The van der Waals surface area contributed by atoms with Crippen LogP contribution in [0.3, 0.4) is 0 Å². The van der Waals surface area contributed by atoms with E-state index in [4.69, 9.17) is 4.74 Å². The van der Waals surface area contributed by atoms with Gasteiger partial charge in [-0.3, -0.25) is 14.4 Å². The Morgan fingerprint density at radius 2 is 1.82 bits per heavy atom. The van der Waals surface area contributed by atoms with Crippen molar-refractivity contribution in [3.8, 4) is 0 Å². The average molecular weight is 389 g/mol. The first-order valence-corrected chi connectivity index (χ1v) is 10.2. The fourth-order valence-corrected chi connectivity index (χ4v) is 3.21. The summed E-state index contributed by atoms with van der Waals surface area (Å²) in [5.74, 6) is -0.804. The highest BCUT2D eigenvalue weighted by Gasteiger charge is 2.19. The van der Waals surface area contributed by atoms with Crippen LogP contribution in [-0.2, 0) is 14.3 Å². The fourth-order valence-electron chi connectivity index (χ4n) is 3.21. The van der Waals surface area contributed by atoms with Crippen LogP contribution >= 0.6 is 0 Å². The number of hydrogen-bond acceptors (Lipinski definition) is 5. The molecule has 7 heteroatoms. The summed E-state index contributed by atoms with van der Waals surface area (Å²) < 4.78 is 4.84. The van der Waals surface area contributed by atoms with Crippen LogP contribution in [0.4, 0.5) is 11.4 Å². The molecule has 154 valence electrons. The Labute approximate surface area is 166 Å². The number of carbonyl (C=O) groups excluding carboxylic acids is 3. The zero-order valence-corrected chi connectivity index (χ0v) is 16.9. The van der Waals surface area contributed by atoms with Crippen molar-refractivity contribution in [3.63, 3.8) is 0 Å². The molecule has 1 aromatic rings. The highest BCUT2D eigenvalue weighted by Crippen LogP contribution is 2.27. The number of nitrogens with zero attached hydrogens (tertiary/aromatic N) is 1. The summed E-state index contributed by atoms with van der Waals surface area (Å²) >= 11 is 0. The van der Waals surface area contributed by atoms with Gasteiger partial charge in [-0.2, -0.15) is 0 Å². The number of ether oxygens (including phenoxy) is 1. The molecule has 1 aliphatic rings. The Kier molecular flexibility index (Phi) is 8.78. The van der Waals surface area contributed by atoms with Crippen molar-refractivity contribution in [1.82, 2.24) is 5.32 Å². The molecule has 0 atom stereocenters. The molecule has 0 spiro atoms. The third kappa shape index (κ3) is 6.55. The van der Waals surface area contributed by atoms with Gasteiger partial charge in [0.1, 0.15) is 0 Å². The minimum Gasteiger partial charge on any atom is -0.466 e. The Balaban J connectivity index is 2.11. The third-order valence-corrected chi connectivity index (χ3v) is 4.62. The second-order valence-electron chi connectivity index (χ2n) is 6.89. The summed E-state index contributed by atoms with van der Waals surface area (Å²) in [5.41, 5.74) is 2.02. The summed E-state index contributed by atoms with van der Waals surface area (Å²) in [7, 11) is 0. The molecule has 28 heavy (non-hydrogen) atoms. The van der Waals surface area contributed by atoms with E-state index in [-0.39, 0.29) is 24.7 Å². The molecule has 1 saturated heterocycles. The van der Waals surface area contributed by atoms with E-state index in [1.54, 1.807) is 13.0 Å². The number of hydrogen-bond donors (Lipinski definition) is 2. The van der Waals surface area contributed by atoms with Gasteiger partial charge < -0.3 is 20.3 Å². The van der Waals surface area contributed by atoms with Crippen molar-refractivity contribution in [2.45, 2.75) is 52.4 Å². The van der Waals surface area contributed by atoms with Gasteiger partial charge in [-0.05, 0) is 50.8 Å². The van der Waals surface area contributed by atoms with Gasteiger partial charge in [-0.25, -0.2) is 0 Å². The quantitative estimate of drug-likeness (QED) is 0.634. The molecule has 0 saturated carbocycles. The van der Waals surface area contributed by atoms with Gasteiger partial charge in [0, 0.05) is 37.4 Å². The molecular weight excluding hydrogens is 358 g/mol. The molecule has 0 bridgehead atoms. The Morgan fingerprint density at radius 3 is 2.50 bits per heavy atom. The van der Waals surface area contributed by atoms with E-state index in [1.165, 1.54) is 6.42 Å². The van der Waals surface area contributed by atoms with E-state index in [2.05, 4.69) is 15.5 Å². The van der Waals surface area contributed by atoms with Gasteiger partial charge in [0.15, 0.2) is 0 Å². The zero-order chi connectivity index (χ0) is 20.4. The van der Waals surface area contributed by atoms with E-state index in [0.717, 1.165) is 38.0 Å². The maximum atomic E-state index is 12.7. The molecule has 0 aliphatic carbocycles. The first-order chi connectivity index (χ1) is 13.5. The maximum absolute atomic E-state index is 12.7. The van der Waals surface area contributed by atoms with Crippen molar-refractivity contribution < 1.29 is 19.1 Å². The predicted molar refractivity (Wildman–Crippen MR) is 110 cm³/mol. The molecule has 1 aliphatic heterocycles. The van der Waals surface area contributed by atoms with Gasteiger partial charge >= 0.3 is 5.97 Å². The number of nitrogens with one attached hydrogen (secondary N) is 2. The Bertz CT molecular complexity index is 684. The standard InChI is InChI=1S/C21H31N3O4/c1-3-12-22-21(27)17-15-16(23-19(25)10-11-20(26)28-4-2)8-9-18(17)24-13-6-5-7-14-24/h8-9,15H,3-7,10-14H2,1-2H3,(H,22,27)(H,23,25). The molecule has 0 aromatic heterocycles. The first kappa shape index (κ1) is 21.7. The van der Waals surface area contributed by atoms with Crippen LogP contribution in [0.5, 0.6) is 0 Å². The van der Waals surface area contributed by atoms with Gasteiger partial charge in [-0.15, -0.1) is 0 Å². The van der Waals surface area contributed by atoms with Gasteiger partial charge in [0.25, 0.3) is 5.91 Å².